The van der Waals surface area contributed by atoms with Crippen LogP contribution in [0.3, 0.4) is 0 Å². The molecule has 0 saturated heterocycles. The predicted molar refractivity (Wildman–Crippen MR) is 77.8 cm³/mol. The van der Waals surface area contributed by atoms with E-state index >= 15 is 0 Å². The fourth-order valence-electron chi connectivity index (χ4n) is 2.06. The second-order valence-corrected chi connectivity index (χ2v) is 5.00. The van der Waals surface area contributed by atoms with Crippen LogP contribution in [-0.4, -0.2) is 14.5 Å². The van der Waals surface area contributed by atoms with Gasteiger partial charge in [-0.2, -0.15) is 0 Å². The number of anilines is 1. The molecule has 0 saturated carbocycles. The first-order valence-electron chi connectivity index (χ1n) is 5.93. The van der Waals surface area contributed by atoms with Crippen LogP contribution >= 0.6 is 11.6 Å². The Bertz CT molecular complexity index is 776. The van der Waals surface area contributed by atoms with Crippen molar-refractivity contribution in [3.8, 4) is 5.69 Å². The molecule has 3 aromatic rings. The van der Waals surface area contributed by atoms with E-state index < -0.39 is 0 Å². The average molecular weight is 273 g/mol. The minimum Gasteiger partial charge on any atom is -0.369 e. The maximum atomic E-state index is 6.16. The number of nitrogens with two attached hydrogens (primary N) is 1. The quantitative estimate of drug-likeness (QED) is 0.740. The molecule has 0 aliphatic rings. The maximum absolute atomic E-state index is 6.16. The van der Waals surface area contributed by atoms with Gasteiger partial charge in [-0.3, -0.25) is 4.57 Å². The molecule has 0 amide bonds. The SMILES string of the molecule is Cc1cnc2c(c1)nc(N)n2-c1ccc(C)c(Cl)c1. The van der Waals surface area contributed by atoms with Crippen LogP contribution in [0.2, 0.25) is 5.02 Å². The van der Waals surface area contributed by atoms with Crippen molar-refractivity contribution < 1.29 is 0 Å². The summed E-state index contributed by atoms with van der Waals surface area (Å²) in [5.74, 6) is 0.410. The molecule has 3 rings (SSSR count). The molecule has 0 spiro atoms. The zero-order valence-corrected chi connectivity index (χ0v) is 11.4. The summed E-state index contributed by atoms with van der Waals surface area (Å²) in [5.41, 5.74) is 10.5. The molecule has 0 fully saturated rings. The molecule has 2 aromatic heterocycles. The van der Waals surface area contributed by atoms with Gasteiger partial charge < -0.3 is 5.73 Å². The van der Waals surface area contributed by atoms with Gasteiger partial charge in [0.25, 0.3) is 0 Å². The Morgan fingerprint density at radius 3 is 2.74 bits per heavy atom. The molecule has 0 radical (unpaired) electrons. The molecule has 0 unspecified atom stereocenters. The molecule has 0 aliphatic carbocycles. The second kappa shape index (κ2) is 4.24. The average Bonchev–Trinajstić information content (AvgIpc) is 2.68. The first-order chi connectivity index (χ1) is 9.06. The minimum atomic E-state index is 0.410. The number of nitrogen functional groups attached to an aromatic ring is 1. The van der Waals surface area contributed by atoms with Gasteiger partial charge >= 0.3 is 0 Å². The fraction of sp³-hybridized carbons (Fsp3) is 0.143. The van der Waals surface area contributed by atoms with Crippen molar-refractivity contribution in [1.29, 1.82) is 0 Å². The topological polar surface area (TPSA) is 56.7 Å². The summed E-state index contributed by atoms with van der Waals surface area (Å²) < 4.78 is 1.81. The molecule has 96 valence electrons. The summed E-state index contributed by atoms with van der Waals surface area (Å²) in [4.78, 5) is 8.74. The molecule has 4 nitrogen and oxygen atoms in total. The van der Waals surface area contributed by atoms with Gasteiger partial charge in [0.2, 0.25) is 5.95 Å². The van der Waals surface area contributed by atoms with Crippen molar-refractivity contribution >= 4 is 28.7 Å². The lowest BCUT2D eigenvalue weighted by Crippen LogP contribution is -2.01. The number of halogens is 1. The highest BCUT2D eigenvalue weighted by atomic mass is 35.5. The van der Waals surface area contributed by atoms with Gasteiger partial charge in [0.05, 0.1) is 5.69 Å². The number of pyridine rings is 1. The molecular formula is C14H13ClN4. The molecule has 0 bridgehead atoms. The van der Waals surface area contributed by atoms with Gasteiger partial charge in [0, 0.05) is 11.2 Å². The first kappa shape index (κ1) is 12.0. The summed E-state index contributed by atoms with van der Waals surface area (Å²) in [6.07, 6.45) is 1.80. The Hall–Kier alpha value is -2.07. The lowest BCUT2D eigenvalue weighted by atomic mass is 10.2. The Kier molecular flexibility index (Phi) is 2.68. The Balaban J connectivity index is 2.29. The molecule has 5 heteroatoms. The van der Waals surface area contributed by atoms with E-state index in [4.69, 9.17) is 17.3 Å². The maximum Gasteiger partial charge on any atom is 0.207 e. The summed E-state index contributed by atoms with van der Waals surface area (Å²) in [6.45, 7) is 3.94. The van der Waals surface area contributed by atoms with Crippen molar-refractivity contribution in [1.82, 2.24) is 14.5 Å². The van der Waals surface area contributed by atoms with Crippen LogP contribution in [0.5, 0.6) is 0 Å². The van der Waals surface area contributed by atoms with Gasteiger partial charge in [0.1, 0.15) is 5.52 Å². The van der Waals surface area contributed by atoms with Crippen LogP contribution in [0.4, 0.5) is 5.95 Å². The monoisotopic (exact) mass is 272 g/mol. The van der Waals surface area contributed by atoms with E-state index in [0.717, 1.165) is 28.0 Å². The third-order valence-electron chi connectivity index (χ3n) is 3.07. The highest BCUT2D eigenvalue weighted by Crippen LogP contribution is 2.25. The first-order valence-corrected chi connectivity index (χ1v) is 6.31. The van der Waals surface area contributed by atoms with E-state index in [0.29, 0.717) is 11.0 Å². The molecular weight excluding hydrogens is 260 g/mol. The minimum absolute atomic E-state index is 0.410. The smallest absolute Gasteiger partial charge is 0.207 e. The lowest BCUT2D eigenvalue weighted by molar-refractivity contribution is 1.08. The lowest BCUT2D eigenvalue weighted by Gasteiger charge is -2.07. The number of rotatable bonds is 1. The van der Waals surface area contributed by atoms with Gasteiger partial charge in [0.15, 0.2) is 5.65 Å². The zero-order chi connectivity index (χ0) is 13.6. The Morgan fingerprint density at radius 1 is 1.21 bits per heavy atom. The van der Waals surface area contributed by atoms with Crippen LogP contribution in [0, 0.1) is 13.8 Å². The summed E-state index contributed by atoms with van der Waals surface area (Å²) in [5, 5.41) is 0.700. The van der Waals surface area contributed by atoms with Crippen LogP contribution in [-0.2, 0) is 0 Å². The number of nitrogens with zero attached hydrogens (tertiary/aromatic N) is 3. The van der Waals surface area contributed by atoms with Crippen molar-refractivity contribution in [3.63, 3.8) is 0 Å². The molecule has 19 heavy (non-hydrogen) atoms. The van der Waals surface area contributed by atoms with E-state index in [9.17, 15) is 0 Å². The zero-order valence-electron chi connectivity index (χ0n) is 10.7. The van der Waals surface area contributed by atoms with Gasteiger partial charge in [-0.1, -0.05) is 17.7 Å². The highest BCUT2D eigenvalue weighted by molar-refractivity contribution is 6.31. The van der Waals surface area contributed by atoms with Crippen molar-refractivity contribution in [2.75, 3.05) is 5.73 Å². The molecule has 2 heterocycles. The number of hydrogen-bond donors (Lipinski definition) is 1. The summed E-state index contributed by atoms with van der Waals surface area (Å²) in [6, 6.07) is 7.75. The van der Waals surface area contributed by atoms with E-state index in [2.05, 4.69) is 9.97 Å². The third kappa shape index (κ3) is 1.94. The normalized spacial score (nSPS) is 11.1. The second-order valence-electron chi connectivity index (χ2n) is 4.59. The Morgan fingerprint density at radius 2 is 2.00 bits per heavy atom. The number of aryl methyl sites for hydroxylation is 2. The van der Waals surface area contributed by atoms with E-state index in [1.807, 2.05) is 38.1 Å². The van der Waals surface area contributed by atoms with Crippen molar-refractivity contribution in [3.05, 3.63) is 46.6 Å². The Labute approximate surface area is 115 Å². The predicted octanol–water partition coefficient (Wildman–Crippen LogP) is 3.27. The van der Waals surface area contributed by atoms with Gasteiger partial charge in [-0.25, -0.2) is 9.97 Å². The highest BCUT2D eigenvalue weighted by Gasteiger charge is 2.12. The standard InChI is InChI=1S/C14H13ClN4/c1-8-5-12-13(17-7-8)19(14(16)18-12)10-4-3-9(2)11(15)6-10/h3-7H,1-2H3,(H2,16,18). The van der Waals surface area contributed by atoms with Crippen LogP contribution < -0.4 is 5.73 Å². The summed E-state index contributed by atoms with van der Waals surface area (Å²) in [7, 11) is 0. The van der Waals surface area contributed by atoms with Gasteiger partial charge in [-0.15, -0.1) is 0 Å². The molecule has 0 atom stereocenters. The van der Waals surface area contributed by atoms with Crippen LogP contribution in [0.1, 0.15) is 11.1 Å². The van der Waals surface area contributed by atoms with E-state index in [-0.39, 0.29) is 0 Å². The number of benzene rings is 1. The van der Waals surface area contributed by atoms with Crippen LogP contribution in [0.15, 0.2) is 30.5 Å². The molecule has 1 aromatic carbocycles. The number of aromatic nitrogens is 3. The summed E-state index contributed by atoms with van der Waals surface area (Å²) >= 11 is 6.16. The van der Waals surface area contributed by atoms with Crippen LogP contribution in [0.25, 0.3) is 16.9 Å². The van der Waals surface area contributed by atoms with Crippen molar-refractivity contribution in [2.45, 2.75) is 13.8 Å². The number of hydrogen-bond acceptors (Lipinski definition) is 3. The molecule has 2 N–H and O–H groups in total. The van der Waals surface area contributed by atoms with E-state index in [1.54, 1.807) is 10.8 Å². The largest absolute Gasteiger partial charge is 0.369 e. The van der Waals surface area contributed by atoms with E-state index in [1.165, 1.54) is 0 Å². The van der Waals surface area contributed by atoms with Gasteiger partial charge in [-0.05, 0) is 43.2 Å². The third-order valence-corrected chi connectivity index (χ3v) is 3.48. The number of fused-ring (bicyclic) bond motifs is 1. The molecule has 0 aliphatic heterocycles. The van der Waals surface area contributed by atoms with Crippen molar-refractivity contribution in [2.24, 2.45) is 0 Å². The fourth-order valence-corrected chi connectivity index (χ4v) is 2.23. The number of imidazole rings is 1.